The molecule has 22 heavy (non-hydrogen) atoms. The number of nitrogens with one attached hydrogen (secondary N) is 2. The van der Waals surface area contributed by atoms with Crippen LogP contribution in [0.5, 0.6) is 0 Å². The molecule has 0 radical (unpaired) electrons. The van der Waals surface area contributed by atoms with E-state index in [1.807, 2.05) is 13.0 Å². The van der Waals surface area contributed by atoms with E-state index >= 15 is 0 Å². The molecule has 0 aliphatic carbocycles. The number of hydrogen-bond acceptors (Lipinski definition) is 2. The minimum absolute atomic E-state index is 0.0367. The van der Waals surface area contributed by atoms with Gasteiger partial charge in [-0.3, -0.25) is 4.79 Å². The summed E-state index contributed by atoms with van der Waals surface area (Å²) in [6, 6.07) is 8.44. The molecule has 1 amide bonds. The maximum atomic E-state index is 13.4. The first-order valence-corrected chi connectivity index (χ1v) is 7.08. The Morgan fingerprint density at radius 3 is 2.64 bits per heavy atom. The summed E-state index contributed by atoms with van der Waals surface area (Å²) in [4.78, 5) is 11.8. The van der Waals surface area contributed by atoms with E-state index in [1.165, 1.54) is 6.07 Å². The van der Waals surface area contributed by atoms with Gasteiger partial charge in [0.05, 0.1) is 5.69 Å². The summed E-state index contributed by atoms with van der Waals surface area (Å²) in [5.74, 6) is -1.85. The Kier molecular flexibility index (Phi) is 5.33. The molecule has 2 aromatic carbocycles. The third-order valence-electron chi connectivity index (χ3n) is 3.07. The van der Waals surface area contributed by atoms with E-state index in [-0.39, 0.29) is 18.0 Å². The first kappa shape index (κ1) is 16.2. The normalized spacial score (nSPS) is 10.4. The second kappa shape index (κ2) is 7.22. The molecule has 0 aliphatic rings. The van der Waals surface area contributed by atoms with Crippen LogP contribution in [0.25, 0.3) is 0 Å². The number of amides is 1. The Bertz CT molecular complexity index is 692. The lowest BCUT2D eigenvalue weighted by Crippen LogP contribution is -2.17. The Balaban J connectivity index is 1.86. The van der Waals surface area contributed by atoms with Crippen molar-refractivity contribution in [1.29, 1.82) is 0 Å². The van der Waals surface area contributed by atoms with E-state index in [1.54, 1.807) is 12.1 Å². The molecular weight excluding hydrogens is 310 g/mol. The highest BCUT2D eigenvalue weighted by atomic mass is 35.5. The molecule has 2 N–H and O–H groups in total. The first-order valence-electron chi connectivity index (χ1n) is 6.70. The van der Waals surface area contributed by atoms with E-state index < -0.39 is 11.6 Å². The molecule has 2 rings (SSSR count). The number of anilines is 2. The smallest absolute Gasteiger partial charge is 0.226 e. The topological polar surface area (TPSA) is 41.1 Å². The van der Waals surface area contributed by atoms with Crippen LogP contribution in [-0.4, -0.2) is 12.5 Å². The largest absolute Gasteiger partial charge is 0.384 e. The molecule has 0 unspecified atom stereocenters. The molecule has 0 aromatic heterocycles. The Morgan fingerprint density at radius 2 is 1.91 bits per heavy atom. The van der Waals surface area contributed by atoms with Crippen LogP contribution in [0.2, 0.25) is 5.02 Å². The third kappa shape index (κ3) is 4.43. The zero-order valence-electron chi connectivity index (χ0n) is 11.9. The van der Waals surface area contributed by atoms with Gasteiger partial charge >= 0.3 is 0 Å². The molecule has 0 bridgehead atoms. The summed E-state index contributed by atoms with van der Waals surface area (Å²) in [5, 5.41) is 6.10. The fraction of sp³-hybridized carbons (Fsp3) is 0.188. The molecule has 0 heterocycles. The van der Waals surface area contributed by atoms with Crippen molar-refractivity contribution in [2.24, 2.45) is 0 Å². The van der Waals surface area contributed by atoms with Crippen molar-refractivity contribution in [2.75, 3.05) is 17.2 Å². The minimum atomic E-state index is -0.799. The van der Waals surface area contributed by atoms with Gasteiger partial charge in [-0.25, -0.2) is 8.78 Å². The van der Waals surface area contributed by atoms with Crippen LogP contribution in [0.4, 0.5) is 20.2 Å². The second-order valence-electron chi connectivity index (χ2n) is 4.81. The molecule has 116 valence electrons. The van der Waals surface area contributed by atoms with Crippen LogP contribution in [0.15, 0.2) is 36.4 Å². The van der Waals surface area contributed by atoms with Gasteiger partial charge in [0.2, 0.25) is 5.91 Å². The Hall–Kier alpha value is -2.14. The van der Waals surface area contributed by atoms with Crippen molar-refractivity contribution in [3.8, 4) is 0 Å². The first-order chi connectivity index (χ1) is 10.5. The van der Waals surface area contributed by atoms with Crippen molar-refractivity contribution in [3.63, 3.8) is 0 Å². The van der Waals surface area contributed by atoms with Gasteiger partial charge in [-0.15, -0.1) is 0 Å². The molecule has 2 aromatic rings. The molecule has 6 heteroatoms. The van der Waals surface area contributed by atoms with Crippen LogP contribution in [0.1, 0.15) is 12.0 Å². The van der Waals surface area contributed by atoms with Crippen molar-refractivity contribution in [1.82, 2.24) is 0 Å². The van der Waals surface area contributed by atoms with Crippen molar-refractivity contribution in [2.45, 2.75) is 13.3 Å². The van der Waals surface area contributed by atoms with Gasteiger partial charge < -0.3 is 10.6 Å². The van der Waals surface area contributed by atoms with Gasteiger partial charge in [-0.05, 0) is 36.8 Å². The maximum absolute atomic E-state index is 13.4. The van der Waals surface area contributed by atoms with Gasteiger partial charge in [0.15, 0.2) is 0 Å². The zero-order chi connectivity index (χ0) is 16.1. The summed E-state index contributed by atoms with van der Waals surface area (Å²) in [5.41, 5.74) is 1.81. The molecule has 0 spiro atoms. The SMILES string of the molecule is Cc1ccc(Cl)cc1NCCC(=O)Nc1ccc(F)cc1F. The average Bonchev–Trinajstić information content (AvgIpc) is 2.46. The summed E-state index contributed by atoms with van der Waals surface area (Å²) >= 11 is 5.90. The molecule has 0 atom stereocenters. The lowest BCUT2D eigenvalue weighted by atomic mass is 10.2. The molecule has 0 saturated carbocycles. The average molecular weight is 325 g/mol. The number of hydrogen-bond donors (Lipinski definition) is 2. The number of carbonyl (C=O) groups is 1. The highest BCUT2D eigenvalue weighted by Gasteiger charge is 2.08. The predicted molar refractivity (Wildman–Crippen MR) is 84.3 cm³/mol. The van der Waals surface area contributed by atoms with Crippen molar-refractivity contribution in [3.05, 3.63) is 58.6 Å². The fourth-order valence-electron chi connectivity index (χ4n) is 1.90. The summed E-state index contributed by atoms with van der Waals surface area (Å²) in [6.07, 6.45) is 0.142. The number of halogens is 3. The van der Waals surface area contributed by atoms with E-state index in [2.05, 4.69) is 10.6 Å². The zero-order valence-corrected chi connectivity index (χ0v) is 12.7. The van der Waals surface area contributed by atoms with Crippen LogP contribution in [0.3, 0.4) is 0 Å². The quantitative estimate of drug-likeness (QED) is 0.857. The standard InChI is InChI=1S/C16H15ClF2N2O/c1-10-2-3-11(17)8-15(10)20-7-6-16(22)21-14-5-4-12(18)9-13(14)19/h2-5,8-9,20H,6-7H2,1H3,(H,21,22). The van der Waals surface area contributed by atoms with E-state index in [0.717, 1.165) is 23.4 Å². The van der Waals surface area contributed by atoms with Crippen molar-refractivity contribution < 1.29 is 13.6 Å². The van der Waals surface area contributed by atoms with Gasteiger partial charge in [-0.2, -0.15) is 0 Å². The minimum Gasteiger partial charge on any atom is -0.384 e. The third-order valence-corrected chi connectivity index (χ3v) is 3.31. The van der Waals surface area contributed by atoms with Crippen LogP contribution < -0.4 is 10.6 Å². The monoisotopic (exact) mass is 324 g/mol. The van der Waals surface area contributed by atoms with Gasteiger partial charge in [0.1, 0.15) is 11.6 Å². The van der Waals surface area contributed by atoms with Crippen LogP contribution >= 0.6 is 11.6 Å². The fourth-order valence-corrected chi connectivity index (χ4v) is 2.07. The molecule has 0 aliphatic heterocycles. The molecule has 3 nitrogen and oxygen atoms in total. The summed E-state index contributed by atoms with van der Waals surface area (Å²) in [7, 11) is 0. The van der Waals surface area contributed by atoms with Gasteiger partial charge in [-0.1, -0.05) is 17.7 Å². The molecular formula is C16H15ClF2N2O. The van der Waals surface area contributed by atoms with Gasteiger partial charge in [0, 0.05) is 29.7 Å². The van der Waals surface area contributed by atoms with E-state index in [0.29, 0.717) is 11.6 Å². The number of rotatable bonds is 5. The lowest BCUT2D eigenvalue weighted by molar-refractivity contribution is -0.116. The highest BCUT2D eigenvalue weighted by molar-refractivity contribution is 6.30. The predicted octanol–water partition coefficient (Wildman–Crippen LogP) is 4.37. The Labute approximate surface area is 132 Å². The number of carbonyl (C=O) groups excluding carboxylic acids is 1. The van der Waals surface area contributed by atoms with E-state index in [9.17, 15) is 13.6 Å². The number of aryl methyl sites for hydroxylation is 1. The molecule has 0 saturated heterocycles. The van der Waals surface area contributed by atoms with Crippen LogP contribution in [-0.2, 0) is 4.79 Å². The van der Waals surface area contributed by atoms with E-state index in [4.69, 9.17) is 11.6 Å². The summed E-state index contributed by atoms with van der Waals surface area (Å²) in [6.45, 7) is 2.29. The number of benzene rings is 2. The lowest BCUT2D eigenvalue weighted by Gasteiger charge is -2.10. The van der Waals surface area contributed by atoms with Crippen molar-refractivity contribution >= 4 is 28.9 Å². The molecule has 0 fully saturated rings. The maximum Gasteiger partial charge on any atom is 0.226 e. The van der Waals surface area contributed by atoms with Crippen LogP contribution in [0, 0.1) is 18.6 Å². The Morgan fingerprint density at radius 1 is 1.14 bits per heavy atom. The summed E-state index contributed by atoms with van der Waals surface area (Å²) < 4.78 is 26.2. The second-order valence-corrected chi connectivity index (χ2v) is 5.24. The highest BCUT2D eigenvalue weighted by Crippen LogP contribution is 2.20. The van der Waals surface area contributed by atoms with Gasteiger partial charge in [0.25, 0.3) is 0 Å².